The molecular weight excluding hydrogens is 218 g/mol. The average molecular weight is 239 g/mol. The summed E-state index contributed by atoms with van der Waals surface area (Å²) in [6, 6.07) is 0. The molecule has 1 unspecified atom stereocenters. The molecule has 0 spiro atoms. The molecule has 1 atom stereocenters. The Morgan fingerprint density at radius 1 is 1.40 bits per heavy atom. The number of aliphatic hydroxyl groups excluding tert-OH is 1. The van der Waals surface area contributed by atoms with Crippen LogP contribution < -0.4 is 5.32 Å². The van der Waals surface area contributed by atoms with E-state index in [1.54, 1.807) is 0 Å². The monoisotopic (exact) mass is 239 g/mol. The summed E-state index contributed by atoms with van der Waals surface area (Å²) in [4.78, 5) is 0. The predicted octanol–water partition coefficient (Wildman–Crippen LogP) is 0.405. The molecule has 0 aliphatic carbocycles. The fraction of sp³-hybridized carbons (Fsp3) is 1.00. The van der Waals surface area contributed by atoms with Crippen molar-refractivity contribution in [2.24, 2.45) is 0 Å². The first-order valence-corrected chi connectivity index (χ1v) is 6.75. The van der Waals surface area contributed by atoms with Crippen molar-refractivity contribution in [2.45, 2.75) is 38.6 Å². The van der Waals surface area contributed by atoms with E-state index in [1.165, 1.54) is 0 Å². The number of nitrogens with one attached hydrogen (secondary N) is 1. The molecule has 0 aliphatic rings. The van der Waals surface area contributed by atoms with Crippen LogP contribution in [0.15, 0.2) is 0 Å². The van der Waals surface area contributed by atoms with Crippen LogP contribution in [0.1, 0.15) is 33.1 Å². The minimum atomic E-state index is -3.86. The Bertz CT molecular complexity index is 265. The molecule has 0 amide bonds. The summed E-state index contributed by atoms with van der Waals surface area (Å²) < 4.78 is 29.4. The Labute approximate surface area is 91.6 Å². The molecule has 0 heterocycles. The number of rotatable bonds is 8. The molecule has 0 saturated carbocycles. The van der Waals surface area contributed by atoms with Gasteiger partial charge in [-0.25, -0.2) is 0 Å². The Balaban J connectivity index is 3.82. The normalized spacial score (nSPS) is 16.3. The van der Waals surface area contributed by atoms with Gasteiger partial charge in [-0.05, 0) is 26.3 Å². The second-order valence-corrected chi connectivity index (χ2v) is 5.61. The maximum atomic E-state index is 10.4. The molecule has 0 aromatic carbocycles. The van der Waals surface area contributed by atoms with Gasteiger partial charge in [0.2, 0.25) is 0 Å². The van der Waals surface area contributed by atoms with Crippen LogP contribution in [-0.2, 0) is 10.1 Å². The van der Waals surface area contributed by atoms with Crippen molar-refractivity contribution in [3.05, 3.63) is 0 Å². The maximum Gasteiger partial charge on any atom is 0.264 e. The predicted molar refractivity (Wildman–Crippen MR) is 59.4 cm³/mol. The molecule has 0 bridgehead atoms. The van der Waals surface area contributed by atoms with E-state index in [0.717, 1.165) is 12.8 Å². The SMILES string of the molecule is CCCC(C)(CO)NCCCS(=O)(=O)O. The number of hydrogen-bond donors (Lipinski definition) is 3. The Morgan fingerprint density at radius 3 is 2.40 bits per heavy atom. The smallest absolute Gasteiger partial charge is 0.264 e. The van der Waals surface area contributed by atoms with Crippen LogP contribution in [0.5, 0.6) is 0 Å². The van der Waals surface area contributed by atoms with E-state index in [9.17, 15) is 8.42 Å². The second kappa shape index (κ2) is 6.42. The van der Waals surface area contributed by atoms with Crippen LogP contribution >= 0.6 is 0 Å². The van der Waals surface area contributed by atoms with Crippen LogP contribution in [0.2, 0.25) is 0 Å². The van der Waals surface area contributed by atoms with Crippen molar-refractivity contribution in [3.63, 3.8) is 0 Å². The molecule has 5 nitrogen and oxygen atoms in total. The van der Waals surface area contributed by atoms with E-state index in [4.69, 9.17) is 9.66 Å². The lowest BCUT2D eigenvalue weighted by Gasteiger charge is -2.28. The molecule has 0 radical (unpaired) electrons. The molecular formula is C9H21NO4S. The summed E-state index contributed by atoms with van der Waals surface area (Å²) >= 11 is 0. The minimum absolute atomic E-state index is 0.0206. The lowest BCUT2D eigenvalue weighted by Crippen LogP contribution is -2.46. The summed E-state index contributed by atoms with van der Waals surface area (Å²) in [5.74, 6) is -0.242. The van der Waals surface area contributed by atoms with E-state index >= 15 is 0 Å². The van der Waals surface area contributed by atoms with Gasteiger partial charge < -0.3 is 10.4 Å². The molecule has 0 aliphatic heterocycles. The van der Waals surface area contributed by atoms with E-state index in [-0.39, 0.29) is 17.9 Å². The van der Waals surface area contributed by atoms with Crippen LogP contribution in [0.3, 0.4) is 0 Å². The number of hydrogen-bond acceptors (Lipinski definition) is 4. The minimum Gasteiger partial charge on any atom is -0.394 e. The highest BCUT2D eigenvalue weighted by atomic mass is 32.2. The van der Waals surface area contributed by atoms with Gasteiger partial charge in [-0.3, -0.25) is 4.55 Å². The van der Waals surface area contributed by atoms with Crippen molar-refractivity contribution in [2.75, 3.05) is 18.9 Å². The second-order valence-electron chi connectivity index (χ2n) is 4.04. The molecule has 15 heavy (non-hydrogen) atoms. The molecule has 0 aromatic heterocycles. The van der Waals surface area contributed by atoms with Crippen molar-refractivity contribution >= 4 is 10.1 Å². The maximum absolute atomic E-state index is 10.4. The highest BCUT2D eigenvalue weighted by Gasteiger charge is 2.20. The van der Waals surface area contributed by atoms with Crippen molar-refractivity contribution in [3.8, 4) is 0 Å². The van der Waals surface area contributed by atoms with E-state index in [1.807, 2.05) is 13.8 Å². The fourth-order valence-corrected chi connectivity index (χ4v) is 1.93. The van der Waals surface area contributed by atoms with Gasteiger partial charge in [-0.2, -0.15) is 8.42 Å². The molecule has 3 N–H and O–H groups in total. The summed E-state index contributed by atoms with van der Waals surface area (Å²) in [7, 11) is -3.86. The zero-order chi connectivity index (χ0) is 11.9. The van der Waals surface area contributed by atoms with Gasteiger partial charge in [0.25, 0.3) is 10.1 Å². The quantitative estimate of drug-likeness (QED) is 0.422. The van der Waals surface area contributed by atoms with Crippen LogP contribution in [-0.4, -0.2) is 42.5 Å². The highest BCUT2D eigenvalue weighted by Crippen LogP contribution is 2.10. The summed E-state index contributed by atoms with van der Waals surface area (Å²) in [6.07, 6.45) is 2.12. The third-order valence-electron chi connectivity index (χ3n) is 2.28. The average Bonchev–Trinajstić information content (AvgIpc) is 2.12. The van der Waals surface area contributed by atoms with Crippen molar-refractivity contribution < 1.29 is 18.1 Å². The molecule has 0 saturated heterocycles. The molecule has 0 fully saturated rings. The van der Waals surface area contributed by atoms with Gasteiger partial charge in [0.05, 0.1) is 12.4 Å². The van der Waals surface area contributed by atoms with Gasteiger partial charge in [0.15, 0.2) is 0 Å². The van der Waals surface area contributed by atoms with E-state index < -0.39 is 10.1 Å². The van der Waals surface area contributed by atoms with Gasteiger partial charge >= 0.3 is 0 Å². The van der Waals surface area contributed by atoms with Crippen molar-refractivity contribution in [1.82, 2.24) is 5.32 Å². The third-order valence-corrected chi connectivity index (χ3v) is 3.09. The van der Waals surface area contributed by atoms with Gasteiger partial charge in [0.1, 0.15) is 0 Å². The standard InChI is InChI=1S/C9H21NO4S/c1-3-5-9(2,8-11)10-6-4-7-15(12,13)14/h10-11H,3-8H2,1-2H3,(H,12,13,14). The summed E-state index contributed by atoms with van der Waals surface area (Å²) in [5, 5.41) is 12.2. The van der Waals surface area contributed by atoms with Crippen molar-refractivity contribution in [1.29, 1.82) is 0 Å². The van der Waals surface area contributed by atoms with Gasteiger partial charge in [0, 0.05) is 5.54 Å². The lowest BCUT2D eigenvalue weighted by atomic mass is 9.97. The Morgan fingerprint density at radius 2 is 2.00 bits per heavy atom. The summed E-state index contributed by atoms with van der Waals surface area (Å²) in [6.45, 7) is 4.40. The van der Waals surface area contributed by atoms with Crippen LogP contribution in [0.4, 0.5) is 0 Å². The number of aliphatic hydroxyl groups is 1. The van der Waals surface area contributed by atoms with E-state index in [2.05, 4.69) is 5.32 Å². The molecule has 0 aromatic rings. The molecule has 6 heteroatoms. The van der Waals surface area contributed by atoms with Gasteiger partial charge in [-0.15, -0.1) is 0 Å². The first-order valence-electron chi connectivity index (χ1n) is 5.14. The summed E-state index contributed by atoms with van der Waals surface area (Å²) in [5.41, 5.74) is -0.353. The lowest BCUT2D eigenvalue weighted by molar-refractivity contribution is 0.165. The first-order chi connectivity index (χ1) is 6.83. The zero-order valence-corrected chi connectivity index (χ0v) is 10.2. The molecule has 92 valence electrons. The highest BCUT2D eigenvalue weighted by molar-refractivity contribution is 7.85. The Kier molecular flexibility index (Phi) is 6.35. The Hall–Kier alpha value is -0.170. The first kappa shape index (κ1) is 14.8. The molecule has 0 rings (SSSR count). The van der Waals surface area contributed by atoms with Gasteiger partial charge in [-0.1, -0.05) is 13.3 Å². The van der Waals surface area contributed by atoms with Crippen LogP contribution in [0, 0.1) is 0 Å². The fourth-order valence-electron chi connectivity index (χ4n) is 1.42. The van der Waals surface area contributed by atoms with E-state index in [0.29, 0.717) is 13.0 Å². The topological polar surface area (TPSA) is 86.6 Å². The zero-order valence-electron chi connectivity index (χ0n) is 9.36. The third kappa shape index (κ3) is 7.72. The largest absolute Gasteiger partial charge is 0.394 e. The van der Waals surface area contributed by atoms with Crippen LogP contribution in [0.25, 0.3) is 0 Å².